The topological polar surface area (TPSA) is 106 Å². The van der Waals surface area contributed by atoms with E-state index in [0.717, 1.165) is 0 Å². The SMILES string of the molecule is CCOC(=O)NCCC(=O)NNC(=O)C(C)Oc1ccccc1F. The first-order chi connectivity index (χ1) is 11.4. The molecule has 0 fully saturated rings. The maximum atomic E-state index is 13.4. The van der Waals surface area contributed by atoms with Crippen LogP contribution in [0.3, 0.4) is 0 Å². The molecule has 1 unspecified atom stereocenters. The zero-order valence-electron chi connectivity index (χ0n) is 13.4. The van der Waals surface area contributed by atoms with E-state index in [1.54, 1.807) is 13.0 Å². The normalized spacial score (nSPS) is 11.1. The summed E-state index contributed by atoms with van der Waals surface area (Å²) >= 11 is 0. The fourth-order valence-corrected chi connectivity index (χ4v) is 1.54. The van der Waals surface area contributed by atoms with Crippen molar-refractivity contribution in [1.82, 2.24) is 16.2 Å². The zero-order chi connectivity index (χ0) is 17.9. The van der Waals surface area contributed by atoms with Crippen molar-refractivity contribution in [2.75, 3.05) is 13.2 Å². The summed E-state index contributed by atoms with van der Waals surface area (Å²) in [6.45, 7) is 3.36. The predicted molar refractivity (Wildman–Crippen MR) is 82.4 cm³/mol. The van der Waals surface area contributed by atoms with Gasteiger partial charge in [-0.2, -0.15) is 0 Å². The summed E-state index contributed by atoms with van der Waals surface area (Å²) in [4.78, 5) is 34.3. The standard InChI is InChI=1S/C15H20FN3O5/c1-3-23-15(22)17-9-8-13(20)18-19-14(21)10(2)24-12-7-5-4-6-11(12)16/h4-7,10H,3,8-9H2,1-2H3,(H,17,22)(H,18,20)(H,19,21). The minimum atomic E-state index is -1.01. The lowest BCUT2D eigenvalue weighted by Gasteiger charge is -2.15. The Kier molecular flexibility index (Phi) is 8.03. The second-order valence-corrected chi connectivity index (χ2v) is 4.63. The number of halogens is 1. The second kappa shape index (κ2) is 10.0. The van der Waals surface area contributed by atoms with Gasteiger partial charge in [0.05, 0.1) is 6.61 Å². The molecular weight excluding hydrogens is 321 g/mol. The molecule has 0 spiro atoms. The zero-order valence-corrected chi connectivity index (χ0v) is 13.4. The van der Waals surface area contributed by atoms with Crippen molar-refractivity contribution in [3.8, 4) is 5.75 Å². The van der Waals surface area contributed by atoms with Gasteiger partial charge in [0.2, 0.25) is 5.91 Å². The van der Waals surface area contributed by atoms with E-state index in [4.69, 9.17) is 4.74 Å². The van der Waals surface area contributed by atoms with Gasteiger partial charge in [0, 0.05) is 13.0 Å². The van der Waals surface area contributed by atoms with Crippen LogP contribution in [0.25, 0.3) is 0 Å². The average molecular weight is 341 g/mol. The Morgan fingerprint density at radius 2 is 1.92 bits per heavy atom. The third kappa shape index (κ3) is 6.95. The highest BCUT2D eigenvalue weighted by Gasteiger charge is 2.17. The first-order valence-electron chi connectivity index (χ1n) is 7.34. The highest BCUT2D eigenvalue weighted by molar-refractivity contribution is 5.84. The predicted octanol–water partition coefficient (Wildman–Crippen LogP) is 0.877. The lowest BCUT2D eigenvalue weighted by molar-refractivity contribution is -0.132. The molecule has 24 heavy (non-hydrogen) atoms. The van der Waals surface area contributed by atoms with Crippen molar-refractivity contribution in [3.63, 3.8) is 0 Å². The molecular formula is C15H20FN3O5. The van der Waals surface area contributed by atoms with E-state index in [1.165, 1.54) is 25.1 Å². The van der Waals surface area contributed by atoms with E-state index < -0.39 is 29.8 Å². The molecule has 0 saturated carbocycles. The number of carbonyl (C=O) groups is 3. The first kappa shape index (κ1) is 19.2. The number of rotatable bonds is 7. The molecule has 0 heterocycles. The number of amides is 3. The molecule has 3 amide bonds. The van der Waals surface area contributed by atoms with Crippen molar-refractivity contribution in [2.45, 2.75) is 26.4 Å². The van der Waals surface area contributed by atoms with Gasteiger partial charge < -0.3 is 14.8 Å². The number of carbonyl (C=O) groups excluding carboxylic acids is 3. The Bertz CT molecular complexity index is 582. The van der Waals surface area contributed by atoms with Crippen molar-refractivity contribution in [2.24, 2.45) is 0 Å². The Hall–Kier alpha value is -2.84. The van der Waals surface area contributed by atoms with Crippen LogP contribution in [-0.2, 0) is 14.3 Å². The van der Waals surface area contributed by atoms with Gasteiger partial charge in [-0.1, -0.05) is 12.1 Å². The Morgan fingerprint density at radius 3 is 2.58 bits per heavy atom. The summed E-state index contributed by atoms with van der Waals surface area (Å²) < 4.78 is 23.2. The maximum absolute atomic E-state index is 13.4. The van der Waals surface area contributed by atoms with Crippen LogP contribution in [0.5, 0.6) is 5.75 Å². The van der Waals surface area contributed by atoms with Gasteiger partial charge in [-0.25, -0.2) is 9.18 Å². The summed E-state index contributed by atoms with van der Waals surface area (Å²) in [5, 5.41) is 2.36. The monoisotopic (exact) mass is 341 g/mol. The van der Waals surface area contributed by atoms with Crippen molar-refractivity contribution >= 4 is 17.9 Å². The molecule has 0 bridgehead atoms. The number of nitrogens with one attached hydrogen (secondary N) is 3. The molecule has 1 aromatic rings. The van der Waals surface area contributed by atoms with Gasteiger partial charge in [0.25, 0.3) is 5.91 Å². The molecule has 0 aliphatic rings. The van der Waals surface area contributed by atoms with E-state index in [0.29, 0.717) is 0 Å². The summed E-state index contributed by atoms with van der Waals surface area (Å²) in [6, 6.07) is 5.66. The van der Waals surface area contributed by atoms with Crippen molar-refractivity contribution in [1.29, 1.82) is 0 Å². The Morgan fingerprint density at radius 1 is 1.21 bits per heavy atom. The highest BCUT2D eigenvalue weighted by Crippen LogP contribution is 2.16. The van der Waals surface area contributed by atoms with Crippen molar-refractivity contribution in [3.05, 3.63) is 30.1 Å². The molecule has 0 aliphatic carbocycles. The Labute approximate surface area is 138 Å². The van der Waals surface area contributed by atoms with E-state index in [1.807, 2.05) is 0 Å². The molecule has 0 radical (unpaired) electrons. The van der Waals surface area contributed by atoms with Crippen LogP contribution in [0.1, 0.15) is 20.3 Å². The smallest absolute Gasteiger partial charge is 0.407 e. The van der Waals surface area contributed by atoms with Crippen LogP contribution in [0.15, 0.2) is 24.3 Å². The molecule has 1 aromatic carbocycles. The number of ether oxygens (including phenoxy) is 2. The van der Waals surface area contributed by atoms with Crippen LogP contribution in [0.4, 0.5) is 9.18 Å². The number of hydrogen-bond donors (Lipinski definition) is 3. The molecule has 0 aliphatic heterocycles. The molecule has 9 heteroatoms. The number of benzene rings is 1. The fourth-order valence-electron chi connectivity index (χ4n) is 1.54. The quantitative estimate of drug-likeness (QED) is 0.638. The minimum absolute atomic E-state index is 0.0539. The molecule has 132 valence electrons. The lowest BCUT2D eigenvalue weighted by Crippen LogP contribution is -2.47. The molecule has 8 nitrogen and oxygen atoms in total. The largest absolute Gasteiger partial charge is 0.478 e. The highest BCUT2D eigenvalue weighted by atomic mass is 19.1. The summed E-state index contributed by atoms with van der Waals surface area (Å²) in [5.74, 6) is -1.82. The fraction of sp³-hybridized carbons (Fsp3) is 0.400. The average Bonchev–Trinajstić information content (AvgIpc) is 2.55. The molecule has 0 saturated heterocycles. The van der Waals surface area contributed by atoms with Gasteiger partial charge in [-0.05, 0) is 26.0 Å². The van der Waals surface area contributed by atoms with E-state index in [-0.39, 0.29) is 25.3 Å². The molecule has 3 N–H and O–H groups in total. The van der Waals surface area contributed by atoms with Crippen molar-refractivity contribution < 1.29 is 28.2 Å². The van der Waals surface area contributed by atoms with E-state index in [2.05, 4.69) is 20.9 Å². The number of hydrogen-bond acceptors (Lipinski definition) is 5. The minimum Gasteiger partial charge on any atom is -0.478 e. The van der Waals surface area contributed by atoms with Crippen LogP contribution in [-0.4, -0.2) is 37.2 Å². The summed E-state index contributed by atoms with van der Waals surface area (Å²) in [7, 11) is 0. The summed E-state index contributed by atoms with van der Waals surface area (Å²) in [6.07, 6.45) is -1.69. The maximum Gasteiger partial charge on any atom is 0.407 e. The van der Waals surface area contributed by atoms with Crippen LogP contribution in [0.2, 0.25) is 0 Å². The number of para-hydroxylation sites is 1. The molecule has 1 atom stereocenters. The van der Waals surface area contributed by atoms with Gasteiger partial charge in [0.1, 0.15) is 0 Å². The first-order valence-corrected chi connectivity index (χ1v) is 7.34. The van der Waals surface area contributed by atoms with Gasteiger partial charge in [-0.3, -0.25) is 20.4 Å². The van der Waals surface area contributed by atoms with Gasteiger partial charge >= 0.3 is 6.09 Å². The van der Waals surface area contributed by atoms with E-state index in [9.17, 15) is 18.8 Å². The Balaban J connectivity index is 2.28. The number of hydrazine groups is 1. The number of alkyl carbamates (subject to hydrolysis) is 1. The second-order valence-electron chi connectivity index (χ2n) is 4.63. The third-order valence-corrected chi connectivity index (χ3v) is 2.73. The van der Waals surface area contributed by atoms with Crippen LogP contribution < -0.4 is 20.9 Å². The lowest BCUT2D eigenvalue weighted by atomic mass is 10.3. The van der Waals surface area contributed by atoms with Crippen LogP contribution >= 0.6 is 0 Å². The third-order valence-electron chi connectivity index (χ3n) is 2.73. The van der Waals surface area contributed by atoms with Crippen LogP contribution in [0, 0.1) is 5.82 Å². The molecule has 0 aromatic heterocycles. The molecule has 1 rings (SSSR count). The van der Waals surface area contributed by atoms with E-state index >= 15 is 0 Å². The van der Waals surface area contributed by atoms with Gasteiger partial charge in [-0.15, -0.1) is 0 Å². The van der Waals surface area contributed by atoms with Gasteiger partial charge in [0.15, 0.2) is 17.7 Å². The summed E-state index contributed by atoms with van der Waals surface area (Å²) in [5.41, 5.74) is 4.32.